The first-order chi connectivity index (χ1) is 10.6. The summed E-state index contributed by atoms with van der Waals surface area (Å²) in [6.07, 6.45) is 6.14. The number of rotatable bonds is 3. The third-order valence-corrected chi connectivity index (χ3v) is 5.65. The van der Waals surface area contributed by atoms with Gasteiger partial charge in [0.15, 0.2) is 0 Å². The van der Waals surface area contributed by atoms with Crippen LogP contribution < -0.4 is 4.90 Å². The quantitative estimate of drug-likeness (QED) is 0.849. The van der Waals surface area contributed by atoms with Crippen LogP contribution >= 0.6 is 0 Å². The van der Waals surface area contributed by atoms with Crippen LogP contribution in [0.4, 0.5) is 5.95 Å². The van der Waals surface area contributed by atoms with Crippen molar-refractivity contribution in [2.75, 3.05) is 51.2 Å². The van der Waals surface area contributed by atoms with Crippen LogP contribution in [0.25, 0.3) is 0 Å². The molecule has 2 fully saturated rings. The van der Waals surface area contributed by atoms with Crippen LogP contribution in [0.3, 0.4) is 0 Å². The lowest BCUT2D eigenvalue weighted by molar-refractivity contribution is 0.0147. The number of nitrogens with zero attached hydrogens (tertiary/aromatic N) is 5. The molecule has 0 bridgehead atoms. The Labute approximate surface area is 134 Å². The van der Waals surface area contributed by atoms with Gasteiger partial charge in [-0.3, -0.25) is 4.90 Å². The molecule has 0 aromatic carbocycles. The van der Waals surface area contributed by atoms with Gasteiger partial charge in [-0.25, -0.2) is 9.97 Å². The molecule has 122 valence electrons. The third kappa shape index (κ3) is 3.25. The van der Waals surface area contributed by atoms with Gasteiger partial charge in [0.05, 0.1) is 0 Å². The molecule has 0 amide bonds. The molecule has 5 heteroatoms. The summed E-state index contributed by atoms with van der Waals surface area (Å²) in [6, 6.07) is 1.88. The van der Waals surface area contributed by atoms with Gasteiger partial charge in [0, 0.05) is 57.2 Å². The SMILES string of the molecule is CN1CCN(C(C)(C)C2CCN(c3ncccn3)CC2)CC1. The van der Waals surface area contributed by atoms with Gasteiger partial charge in [-0.05, 0) is 45.7 Å². The lowest BCUT2D eigenvalue weighted by Crippen LogP contribution is -2.58. The fourth-order valence-corrected chi connectivity index (χ4v) is 3.88. The predicted octanol–water partition coefficient (Wildman–Crippen LogP) is 1.72. The molecule has 0 saturated carbocycles. The van der Waals surface area contributed by atoms with Gasteiger partial charge < -0.3 is 9.80 Å². The van der Waals surface area contributed by atoms with E-state index in [0.717, 1.165) is 25.0 Å². The maximum Gasteiger partial charge on any atom is 0.225 e. The van der Waals surface area contributed by atoms with E-state index in [1.54, 1.807) is 0 Å². The molecule has 2 saturated heterocycles. The fourth-order valence-electron chi connectivity index (χ4n) is 3.88. The first kappa shape index (κ1) is 15.7. The van der Waals surface area contributed by atoms with Crippen LogP contribution in [0.1, 0.15) is 26.7 Å². The topological polar surface area (TPSA) is 35.5 Å². The summed E-state index contributed by atoms with van der Waals surface area (Å²) in [5, 5.41) is 0. The number of piperazine rings is 1. The Hall–Kier alpha value is -1.20. The number of hydrogen-bond acceptors (Lipinski definition) is 5. The average Bonchev–Trinajstić information content (AvgIpc) is 2.56. The van der Waals surface area contributed by atoms with Crippen LogP contribution in [0, 0.1) is 5.92 Å². The zero-order chi connectivity index (χ0) is 15.6. The Morgan fingerprint density at radius 3 is 2.14 bits per heavy atom. The second-order valence-electron chi connectivity index (χ2n) is 7.25. The van der Waals surface area contributed by atoms with Crippen molar-refractivity contribution in [3.8, 4) is 0 Å². The van der Waals surface area contributed by atoms with E-state index in [1.165, 1.54) is 39.0 Å². The number of anilines is 1. The molecule has 2 aliphatic heterocycles. The molecule has 2 aliphatic rings. The van der Waals surface area contributed by atoms with Crippen LogP contribution in [0.15, 0.2) is 18.5 Å². The standard InChI is InChI=1S/C17H29N5/c1-17(2,22-13-11-20(3)12-14-22)15-5-9-21(10-6-15)16-18-7-4-8-19-16/h4,7-8,15H,5-6,9-14H2,1-3H3. The van der Waals surface area contributed by atoms with E-state index >= 15 is 0 Å². The summed E-state index contributed by atoms with van der Waals surface area (Å²) in [7, 11) is 2.22. The molecule has 3 rings (SSSR count). The van der Waals surface area contributed by atoms with Crippen LogP contribution in [-0.2, 0) is 0 Å². The van der Waals surface area contributed by atoms with E-state index in [9.17, 15) is 0 Å². The van der Waals surface area contributed by atoms with E-state index < -0.39 is 0 Å². The summed E-state index contributed by atoms with van der Waals surface area (Å²) in [6.45, 7) is 11.8. The molecule has 0 radical (unpaired) electrons. The summed E-state index contributed by atoms with van der Waals surface area (Å²) in [5.41, 5.74) is 0.297. The van der Waals surface area contributed by atoms with Crippen molar-refractivity contribution < 1.29 is 0 Å². The highest BCUT2D eigenvalue weighted by Gasteiger charge is 2.38. The largest absolute Gasteiger partial charge is 0.341 e. The highest BCUT2D eigenvalue weighted by Crippen LogP contribution is 2.34. The second kappa shape index (κ2) is 6.50. The smallest absolute Gasteiger partial charge is 0.225 e. The molecule has 0 N–H and O–H groups in total. The number of hydrogen-bond donors (Lipinski definition) is 0. The summed E-state index contributed by atoms with van der Waals surface area (Å²) < 4.78 is 0. The maximum atomic E-state index is 4.39. The average molecular weight is 303 g/mol. The summed E-state index contributed by atoms with van der Waals surface area (Å²) in [4.78, 5) is 16.2. The maximum absolute atomic E-state index is 4.39. The normalized spacial score (nSPS) is 23.0. The van der Waals surface area contributed by atoms with Gasteiger partial charge in [-0.15, -0.1) is 0 Å². The second-order valence-corrected chi connectivity index (χ2v) is 7.25. The summed E-state index contributed by atoms with van der Waals surface area (Å²) >= 11 is 0. The number of piperidine rings is 1. The van der Waals surface area contributed by atoms with Crippen LogP contribution in [0.5, 0.6) is 0 Å². The molecule has 3 heterocycles. The molecule has 1 aromatic heterocycles. The molecule has 0 unspecified atom stereocenters. The van der Waals surface area contributed by atoms with E-state index in [2.05, 4.69) is 45.6 Å². The zero-order valence-electron chi connectivity index (χ0n) is 14.2. The Balaban J connectivity index is 1.58. The minimum atomic E-state index is 0.297. The molecule has 0 atom stereocenters. The monoisotopic (exact) mass is 303 g/mol. The van der Waals surface area contributed by atoms with Gasteiger partial charge >= 0.3 is 0 Å². The number of aromatic nitrogens is 2. The Morgan fingerprint density at radius 2 is 1.55 bits per heavy atom. The number of likely N-dealkylation sites (N-methyl/N-ethyl adjacent to an activating group) is 1. The highest BCUT2D eigenvalue weighted by molar-refractivity contribution is 5.29. The van der Waals surface area contributed by atoms with Crippen molar-refractivity contribution in [1.29, 1.82) is 0 Å². The third-order valence-electron chi connectivity index (χ3n) is 5.65. The Morgan fingerprint density at radius 1 is 0.955 bits per heavy atom. The van der Waals surface area contributed by atoms with Crippen molar-refractivity contribution >= 4 is 5.95 Å². The van der Waals surface area contributed by atoms with Gasteiger partial charge in [-0.1, -0.05) is 0 Å². The Kier molecular flexibility index (Phi) is 4.64. The molecule has 5 nitrogen and oxygen atoms in total. The first-order valence-corrected chi connectivity index (χ1v) is 8.53. The minimum absolute atomic E-state index is 0.297. The summed E-state index contributed by atoms with van der Waals surface area (Å²) in [5.74, 6) is 1.65. The van der Waals surface area contributed by atoms with Gasteiger partial charge in [0.1, 0.15) is 0 Å². The lowest BCUT2D eigenvalue weighted by Gasteiger charge is -2.49. The Bertz CT molecular complexity index is 459. The highest BCUT2D eigenvalue weighted by atomic mass is 15.3. The van der Waals surface area contributed by atoms with Crippen molar-refractivity contribution in [3.63, 3.8) is 0 Å². The molecule has 0 spiro atoms. The van der Waals surface area contributed by atoms with E-state index in [1.807, 2.05) is 18.5 Å². The molecular formula is C17H29N5. The van der Waals surface area contributed by atoms with Crippen molar-refractivity contribution in [3.05, 3.63) is 18.5 Å². The lowest BCUT2D eigenvalue weighted by atomic mass is 9.78. The van der Waals surface area contributed by atoms with Crippen molar-refractivity contribution in [1.82, 2.24) is 19.8 Å². The van der Waals surface area contributed by atoms with Crippen LogP contribution in [0.2, 0.25) is 0 Å². The van der Waals surface area contributed by atoms with Gasteiger partial charge in [0.25, 0.3) is 0 Å². The molecule has 0 aliphatic carbocycles. The van der Waals surface area contributed by atoms with E-state index in [4.69, 9.17) is 0 Å². The first-order valence-electron chi connectivity index (χ1n) is 8.53. The molecule has 22 heavy (non-hydrogen) atoms. The van der Waals surface area contributed by atoms with Gasteiger partial charge in [0.2, 0.25) is 5.95 Å². The fraction of sp³-hybridized carbons (Fsp3) is 0.765. The van der Waals surface area contributed by atoms with Gasteiger partial charge in [-0.2, -0.15) is 0 Å². The van der Waals surface area contributed by atoms with E-state index in [0.29, 0.717) is 5.54 Å². The van der Waals surface area contributed by atoms with Crippen molar-refractivity contribution in [2.45, 2.75) is 32.2 Å². The predicted molar refractivity (Wildman–Crippen MR) is 90.1 cm³/mol. The van der Waals surface area contributed by atoms with Crippen molar-refractivity contribution in [2.24, 2.45) is 5.92 Å². The van der Waals surface area contributed by atoms with E-state index in [-0.39, 0.29) is 0 Å². The van der Waals surface area contributed by atoms with Crippen LogP contribution in [-0.4, -0.2) is 71.6 Å². The molecule has 1 aromatic rings. The zero-order valence-corrected chi connectivity index (χ0v) is 14.2. The minimum Gasteiger partial charge on any atom is -0.341 e. The molecular weight excluding hydrogens is 274 g/mol.